The first-order valence-electron chi connectivity index (χ1n) is 4.60. The topological polar surface area (TPSA) is 156 Å². The number of nitro groups is 1. The van der Waals surface area contributed by atoms with E-state index in [-0.39, 0.29) is 17.2 Å². The van der Waals surface area contributed by atoms with Crippen LogP contribution >= 0.6 is 0 Å². The number of hydrogen-bond acceptors (Lipinski definition) is 7. The standard InChI is InChI=1S/C8H7N7O3/c9-6-5(15(17)18)8(12-3-11-6)14-2-4(1-13-14)7(10)16/h1-3H,(H2,10,16)(H2,9,11,12). The van der Waals surface area contributed by atoms with E-state index in [2.05, 4.69) is 15.1 Å². The van der Waals surface area contributed by atoms with Gasteiger partial charge in [0.05, 0.1) is 16.7 Å². The Labute approximate surface area is 99.4 Å². The predicted octanol–water partition coefficient (Wildman–Crippen LogP) is -0.748. The van der Waals surface area contributed by atoms with Crippen LogP contribution in [0.1, 0.15) is 10.4 Å². The van der Waals surface area contributed by atoms with Crippen molar-refractivity contribution >= 4 is 17.4 Å². The molecule has 2 rings (SSSR count). The van der Waals surface area contributed by atoms with Crippen LogP contribution in [0.2, 0.25) is 0 Å². The number of hydrogen-bond donors (Lipinski definition) is 2. The van der Waals surface area contributed by atoms with E-state index in [1.165, 1.54) is 12.4 Å². The number of primary amides is 1. The van der Waals surface area contributed by atoms with E-state index in [0.717, 1.165) is 11.0 Å². The molecule has 10 heteroatoms. The number of rotatable bonds is 3. The molecule has 18 heavy (non-hydrogen) atoms. The van der Waals surface area contributed by atoms with Crippen LogP contribution in [0.3, 0.4) is 0 Å². The summed E-state index contributed by atoms with van der Waals surface area (Å²) in [6, 6.07) is 0. The number of carbonyl (C=O) groups is 1. The first-order valence-corrected chi connectivity index (χ1v) is 4.60. The lowest BCUT2D eigenvalue weighted by atomic mass is 10.3. The number of nitrogen functional groups attached to an aromatic ring is 1. The molecule has 0 atom stereocenters. The van der Waals surface area contributed by atoms with E-state index in [0.29, 0.717) is 0 Å². The summed E-state index contributed by atoms with van der Waals surface area (Å²) in [5, 5.41) is 14.6. The maximum Gasteiger partial charge on any atom is 0.355 e. The molecule has 10 nitrogen and oxygen atoms in total. The van der Waals surface area contributed by atoms with E-state index in [4.69, 9.17) is 11.5 Å². The Morgan fingerprint density at radius 3 is 2.72 bits per heavy atom. The van der Waals surface area contributed by atoms with Crippen LogP contribution in [0.15, 0.2) is 18.7 Å². The van der Waals surface area contributed by atoms with Crippen molar-refractivity contribution in [3.05, 3.63) is 34.4 Å². The second-order valence-corrected chi connectivity index (χ2v) is 3.23. The Hall–Kier alpha value is -3.04. The highest BCUT2D eigenvalue weighted by Crippen LogP contribution is 2.24. The second-order valence-electron chi connectivity index (χ2n) is 3.23. The molecule has 0 aliphatic rings. The van der Waals surface area contributed by atoms with Gasteiger partial charge >= 0.3 is 5.69 Å². The van der Waals surface area contributed by atoms with Crippen molar-refractivity contribution in [1.82, 2.24) is 19.7 Å². The fourth-order valence-corrected chi connectivity index (χ4v) is 1.29. The minimum absolute atomic E-state index is 0.0986. The van der Waals surface area contributed by atoms with Gasteiger partial charge in [-0.3, -0.25) is 14.9 Å². The molecule has 0 unspecified atom stereocenters. The number of nitrogens with two attached hydrogens (primary N) is 2. The summed E-state index contributed by atoms with van der Waals surface area (Å²) in [6.07, 6.45) is 3.45. The molecule has 92 valence electrons. The maximum absolute atomic E-state index is 10.9. The third-order valence-electron chi connectivity index (χ3n) is 2.10. The number of aromatic nitrogens is 4. The maximum atomic E-state index is 10.9. The van der Waals surface area contributed by atoms with Crippen molar-refractivity contribution in [1.29, 1.82) is 0 Å². The molecule has 0 fully saturated rings. The van der Waals surface area contributed by atoms with Gasteiger partial charge in [-0.25, -0.2) is 14.6 Å². The fraction of sp³-hybridized carbons (Fsp3) is 0. The van der Waals surface area contributed by atoms with Crippen molar-refractivity contribution in [2.75, 3.05) is 5.73 Å². The van der Waals surface area contributed by atoms with Gasteiger partial charge in [0, 0.05) is 6.20 Å². The Morgan fingerprint density at radius 2 is 2.17 bits per heavy atom. The third kappa shape index (κ3) is 1.81. The highest BCUT2D eigenvalue weighted by molar-refractivity contribution is 5.92. The van der Waals surface area contributed by atoms with E-state index in [1.54, 1.807) is 0 Å². The summed E-state index contributed by atoms with van der Waals surface area (Å²) in [7, 11) is 0. The fourth-order valence-electron chi connectivity index (χ4n) is 1.29. The van der Waals surface area contributed by atoms with Crippen LogP contribution in [0.25, 0.3) is 5.82 Å². The van der Waals surface area contributed by atoms with E-state index in [9.17, 15) is 14.9 Å². The molecule has 0 radical (unpaired) electrons. The van der Waals surface area contributed by atoms with Crippen LogP contribution in [-0.4, -0.2) is 30.6 Å². The van der Waals surface area contributed by atoms with Crippen LogP contribution in [0.4, 0.5) is 11.5 Å². The highest BCUT2D eigenvalue weighted by Gasteiger charge is 2.23. The minimum atomic E-state index is -0.726. The molecule has 2 aromatic heterocycles. The van der Waals surface area contributed by atoms with Crippen molar-refractivity contribution in [2.45, 2.75) is 0 Å². The normalized spacial score (nSPS) is 10.2. The highest BCUT2D eigenvalue weighted by atomic mass is 16.6. The lowest BCUT2D eigenvalue weighted by Gasteiger charge is -2.02. The van der Waals surface area contributed by atoms with Crippen molar-refractivity contribution in [3.63, 3.8) is 0 Å². The molecule has 1 amide bonds. The van der Waals surface area contributed by atoms with E-state index in [1.807, 2.05) is 0 Å². The zero-order valence-corrected chi connectivity index (χ0v) is 8.85. The lowest BCUT2D eigenvalue weighted by Crippen LogP contribution is -2.10. The van der Waals surface area contributed by atoms with Crippen molar-refractivity contribution in [3.8, 4) is 5.82 Å². The summed E-state index contributed by atoms with van der Waals surface area (Å²) in [5.74, 6) is -1.13. The average molecular weight is 249 g/mol. The van der Waals surface area contributed by atoms with Gasteiger partial charge < -0.3 is 11.5 Å². The van der Waals surface area contributed by atoms with Gasteiger partial charge in [0.2, 0.25) is 11.6 Å². The Kier molecular flexibility index (Phi) is 2.60. The minimum Gasteiger partial charge on any atom is -0.378 e. The third-order valence-corrected chi connectivity index (χ3v) is 2.10. The van der Waals surface area contributed by atoms with Crippen molar-refractivity contribution in [2.24, 2.45) is 5.73 Å². The summed E-state index contributed by atoms with van der Waals surface area (Å²) >= 11 is 0. The molecular weight excluding hydrogens is 242 g/mol. The predicted molar refractivity (Wildman–Crippen MR) is 58.7 cm³/mol. The van der Waals surface area contributed by atoms with Gasteiger partial charge in [0.1, 0.15) is 6.33 Å². The first-order chi connectivity index (χ1) is 8.50. The monoisotopic (exact) mass is 249 g/mol. The second kappa shape index (κ2) is 4.08. The Morgan fingerprint density at radius 1 is 1.44 bits per heavy atom. The Balaban J connectivity index is 2.59. The van der Waals surface area contributed by atoms with Gasteiger partial charge in [0.15, 0.2) is 0 Å². The average Bonchev–Trinajstić information content (AvgIpc) is 2.77. The van der Waals surface area contributed by atoms with Crippen LogP contribution < -0.4 is 11.5 Å². The zero-order valence-electron chi connectivity index (χ0n) is 8.85. The summed E-state index contributed by atoms with van der Waals surface area (Å²) < 4.78 is 1.04. The van der Waals surface area contributed by atoms with Gasteiger partial charge in [-0.15, -0.1) is 0 Å². The van der Waals surface area contributed by atoms with Gasteiger partial charge in [-0.05, 0) is 0 Å². The molecule has 0 aliphatic heterocycles. The molecule has 0 aromatic carbocycles. The molecule has 0 saturated carbocycles. The molecule has 0 saturated heterocycles. The van der Waals surface area contributed by atoms with Crippen LogP contribution in [-0.2, 0) is 0 Å². The summed E-state index contributed by atoms with van der Waals surface area (Å²) in [6.45, 7) is 0. The number of nitrogens with zero attached hydrogens (tertiary/aromatic N) is 5. The lowest BCUT2D eigenvalue weighted by molar-refractivity contribution is -0.384. The van der Waals surface area contributed by atoms with E-state index < -0.39 is 16.5 Å². The smallest absolute Gasteiger partial charge is 0.355 e. The summed E-state index contributed by atoms with van der Waals surface area (Å²) in [5.41, 5.74) is 10.1. The molecule has 0 bridgehead atoms. The van der Waals surface area contributed by atoms with Crippen LogP contribution in [0, 0.1) is 10.1 Å². The first kappa shape index (κ1) is 11.4. The summed E-state index contributed by atoms with van der Waals surface area (Å²) in [4.78, 5) is 28.3. The molecule has 2 aromatic rings. The molecular formula is C8H7N7O3. The number of carbonyl (C=O) groups excluding carboxylic acids is 1. The van der Waals surface area contributed by atoms with Gasteiger partial charge in [-0.1, -0.05) is 0 Å². The zero-order chi connectivity index (χ0) is 13.3. The Bertz CT molecular complexity index is 635. The number of amides is 1. The van der Waals surface area contributed by atoms with Gasteiger partial charge in [0.25, 0.3) is 5.91 Å². The molecule has 0 spiro atoms. The van der Waals surface area contributed by atoms with E-state index >= 15 is 0 Å². The van der Waals surface area contributed by atoms with Crippen LogP contribution in [0.5, 0.6) is 0 Å². The molecule has 0 aliphatic carbocycles. The quantitative estimate of drug-likeness (QED) is 0.535. The largest absolute Gasteiger partial charge is 0.378 e. The SMILES string of the molecule is NC(=O)c1cnn(-c2ncnc(N)c2[N+](=O)[O-])c1. The number of anilines is 1. The van der Waals surface area contributed by atoms with Gasteiger partial charge in [-0.2, -0.15) is 5.10 Å². The molecule has 4 N–H and O–H groups in total. The van der Waals surface area contributed by atoms with Crippen molar-refractivity contribution < 1.29 is 9.72 Å². The molecule has 2 heterocycles.